The summed E-state index contributed by atoms with van der Waals surface area (Å²) < 4.78 is 4.23. The number of benzene rings is 2. The lowest BCUT2D eigenvalue weighted by Gasteiger charge is -2.10. The van der Waals surface area contributed by atoms with Crippen molar-refractivity contribution >= 4 is 39.7 Å². The van der Waals surface area contributed by atoms with Crippen molar-refractivity contribution in [3.05, 3.63) is 65.1 Å². The zero-order chi connectivity index (χ0) is 20.5. The Kier molecular flexibility index (Phi) is 4.98. The molecule has 2 heterocycles. The minimum absolute atomic E-state index is 0.0334. The van der Waals surface area contributed by atoms with Gasteiger partial charge >= 0.3 is 0 Å². The van der Waals surface area contributed by atoms with Crippen molar-refractivity contribution in [2.75, 3.05) is 11.9 Å². The monoisotopic (exact) mass is 404 g/mol. The molecule has 0 radical (unpaired) electrons. The van der Waals surface area contributed by atoms with Gasteiger partial charge in [0.15, 0.2) is 11.6 Å². The van der Waals surface area contributed by atoms with Crippen molar-refractivity contribution in [1.29, 1.82) is 0 Å². The molecule has 2 N–H and O–H groups in total. The molecule has 0 aliphatic heterocycles. The number of rotatable bonds is 6. The summed E-state index contributed by atoms with van der Waals surface area (Å²) in [7, 11) is 0. The summed E-state index contributed by atoms with van der Waals surface area (Å²) in [6.45, 7) is 5.53. The molecule has 0 spiro atoms. The van der Waals surface area contributed by atoms with Crippen molar-refractivity contribution in [2.24, 2.45) is 0 Å². The molecule has 0 aliphatic carbocycles. The third-order valence-electron chi connectivity index (χ3n) is 4.85. The average Bonchev–Trinajstić information content (AvgIpc) is 3.33. The van der Waals surface area contributed by atoms with Crippen LogP contribution in [0.4, 0.5) is 5.69 Å². The SMILES string of the molecule is CC(=O)c1cccc2c(C(=O)CNc3cc(-c4nc(C)ns4)ccc3C)c[nH]c12. The molecule has 29 heavy (non-hydrogen) atoms. The van der Waals surface area contributed by atoms with E-state index in [0.717, 1.165) is 33.0 Å². The maximum Gasteiger partial charge on any atom is 0.183 e. The Morgan fingerprint density at radius 2 is 1.97 bits per heavy atom. The number of hydrogen-bond acceptors (Lipinski definition) is 6. The number of carbonyl (C=O) groups excluding carboxylic acids is 2. The van der Waals surface area contributed by atoms with E-state index in [9.17, 15) is 9.59 Å². The maximum absolute atomic E-state index is 12.9. The third kappa shape index (κ3) is 3.69. The van der Waals surface area contributed by atoms with Gasteiger partial charge in [-0.05, 0) is 50.0 Å². The Morgan fingerprint density at radius 3 is 2.69 bits per heavy atom. The van der Waals surface area contributed by atoms with E-state index in [2.05, 4.69) is 19.7 Å². The number of aryl methyl sites for hydroxylation is 2. The van der Waals surface area contributed by atoms with E-state index in [1.165, 1.54) is 18.5 Å². The number of Topliss-reactive ketones (excluding diaryl/α,β-unsaturated/α-hetero) is 2. The van der Waals surface area contributed by atoms with Gasteiger partial charge in [-0.2, -0.15) is 4.37 Å². The van der Waals surface area contributed by atoms with Gasteiger partial charge in [-0.3, -0.25) is 9.59 Å². The zero-order valence-corrected chi connectivity index (χ0v) is 17.2. The van der Waals surface area contributed by atoms with Crippen molar-refractivity contribution in [3.8, 4) is 10.6 Å². The van der Waals surface area contributed by atoms with Crippen LogP contribution in [-0.2, 0) is 0 Å². The molecule has 6 nitrogen and oxygen atoms in total. The lowest BCUT2D eigenvalue weighted by molar-refractivity contribution is 0.100. The van der Waals surface area contributed by atoms with Gasteiger partial charge in [0.2, 0.25) is 0 Å². The fourth-order valence-electron chi connectivity index (χ4n) is 3.31. The fourth-order valence-corrected chi connectivity index (χ4v) is 3.97. The lowest BCUT2D eigenvalue weighted by atomic mass is 10.0. The number of H-pyrrole nitrogens is 1. The van der Waals surface area contributed by atoms with Gasteiger partial charge in [-0.1, -0.05) is 24.3 Å². The quantitative estimate of drug-likeness (QED) is 0.451. The Balaban J connectivity index is 1.57. The average molecular weight is 404 g/mol. The molecular weight excluding hydrogens is 384 g/mol. The molecule has 146 valence electrons. The van der Waals surface area contributed by atoms with Gasteiger partial charge in [0, 0.05) is 34.0 Å². The molecule has 0 saturated heterocycles. The number of anilines is 1. The molecule has 0 fully saturated rings. The Hall–Kier alpha value is -3.32. The van der Waals surface area contributed by atoms with Crippen LogP contribution in [-0.4, -0.2) is 32.5 Å². The van der Waals surface area contributed by atoms with Crippen molar-refractivity contribution in [3.63, 3.8) is 0 Å². The Bertz CT molecular complexity index is 1240. The van der Waals surface area contributed by atoms with E-state index in [0.29, 0.717) is 16.6 Å². The predicted octanol–water partition coefficient (Wildman–Crippen LogP) is 4.80. The zero-order valence-electron chi connectivity index (χ0n) is 16.4. The third-order valence-corrected chi connectivity index (χ3v) is 5.70. The molecule has 4 aromatic rings. The van der Waals surface area contributed by atoms with E-state index in [4.69, 9.17) is 0 Å². The number of nitrogens with one attached hydrogen (secondary N) is 2. The maximum atomic E-state index is 12.9. The first-order valence-corrected chi connectivity index (χ1v) is 10.0. The minimum Gasteiger partial charge on any atom is -0.377 e. The smallest absolute Gasteiger partial charge is 0.183 e. The topological polar surface area (TPSA) is 87.7 Å². The molecule has 0 amide bonds. The second kappa shape index (κ2) is 7.60. The number of aromatic nitrogens is 3. The molecule has 4 rings (SSSR count). The normalized spacial score (nSPS) is 11.0. The first-order valence-electron chi connectivity index (χ1n) is 9.23. The largest absolute Gasteiger partial charge is 0.377 e. The number of carbonyl (C=O) groups is 2. The van der Waals surface area contributed by atoms with Crippen LogP contribution in [0.5, 0.6) is 0 Å². The number of fused-ring (bicyclic) bond motifs is 1. The van der Waals surface area contributed by atoms with Crippen LogP contribution in [0.25, 0.3) is 21.5 Å². The van der Waals surface area contributed by atoms with E-state index >= 15 is 0 Å². The highest BCUT2D eigenvalue weighted by atomic mass is 32.1. The molecule has 0 unspecified atom stereocenters. The highest BCUT2D eigenvalue weighted by Gasteiger charge is 2.16. The van der Waals surface area contributed by atoms with E-state index in [1.54, 1.807) is 18.3 Å². The van der Waals surface area contributed by atoms with Crippen LogP contribution in [0.1, 0.15) is 39.0 Å². The molecule has 0 saturated carbocycles. The molecule has 2 aromatic carbocycles. The summed E-state index contributed by atoms with van der Waals surface area (Å²) >= 11 is 1.36. The van der Waals surface area contributed by atoms with Crippen LogP contribution in [0.15, 0.2) is 42.6 Å². The van der Waals surface area contributed by atoms with Crippen molar-refractivity contribution < 1.29 is 9.59 Å². The fraction of sp³-hybridized carbons (Fsp3) is 0.182. The highest BCUT2D eigenvalue weighted by molar-refractivity contribution is 7.09. The standard InChI is InChI=1S/C22H20N4O2S/c1-12-7-8-15(22-25-14(3)26-29-22)9-19(12)23-11-20(28)18-10-24-21-16(13(2)27)5-4-6-17(18)21/h4-10,23-24H,11H2,1-3H3. The summed E-state index contributed by atoms with van der Waals surface area (Å²) in [4.78, 5) is 32.2. The number of hydrogen-bond donors (Lipinski definition) is 2. The number of nitrogens with zero attached hydrogens (tertiary/aromatic N) is 2. The second-order valence-electron chi connectivity index (χ2n) is 6.94. The molecule has 0 atom stereocenters. The Morgan fingerprint density at radius 1 is 1.14 bits per heavy atom. The summed E-state index contributed by atoms with van der Waals surface area (Å²) in [5.41, 5.74) is 4.76. The number of para-hydroxylation sites is 1. The van der Waals surface area contributed by atoms with Crippen LogP contribution < -0.4 is 5.32 Å². The number of aromatic amines is 1. The van der Waals surface area contributed by atoms with Crippen LogP contribution in [0.3, 0.4) is 0 Å². The summed E-state index contributed by atoms with van der Waals surface area (Å²) in [6, 6.07) is 11.4. The lowest BCUT2D eigenvalue weighted by Crippen LogP contribution is -2.14. The molecular formula is C22H20N4O2S. The van der Waals surface area contributed by atoms with Gasteiger partial charge in [-0.25, -0.2) is 4.98 Å². The van der Waals surface area contributed by atoms with Crippen molar-refractivity contribution in [1.82, 2.24) is 14.3 Å². The summed E-state index contributed by atoms with van der Waals surface area (Å²) in [5.74, 6) is 0.668. The Labute approximate surface area is 172 Å². The van der Waals surface area contributed by atoms with E-state index in [1.807, 2.05) is 38.1 Å². The van der Waals surface area contributed by atoms with Gasteiger partial charge in [0.1, 0.15) is 10.8 Å². The van der Waals surface area contributed by atoms with Crippen LogP contribution in [0, 0.1) is 13.8 Å². The van der Waals surface area contributed by atoms with Gasteiger partial charge < -0.3 is 10.3 Å². The molecule has 2 aromatic heterocycles. The molecule has 0 aliphatic rings. The predicted molar refractivity (Wildman–Crippen MR) is 116 cm³/mol. The molecule has 7 heteroatoms. The van der Waals surface area contributed by atoms with Gasteiger partial charge in [0.05, 0.1) is 12.1 Å². The van der Waals surface area contributed by atoms with E-state index < -0.39 is 0 Å². The first-order chi connectivity index (χ1) is 13.9. The molecule has 0 bridgehead atoms. The summed E-state index contributed by atoms with van der Waals surface area (Å²) in [6.07, 6.45) is 1.68. The summed E-state index contributed by atoms with van der Waals surface area (Å²) in [5, 5.41) is 4.86. The van der Waals surface area contributed by atoms with Crippen molar-refractivity contribution in [2.45, 2.75) is 20.8 Å². The van der Waals surface area contributed by atoms with E-state index in [-0.39, 0.29) is 18.1 Å². The second-order valence-corrected chi connectivity index (χ2v) is 7.69. The van der Waals surface area contributed by atoms with Crippen LogP contribution >= 0.6 is 11.5 Å². The first kappa shape index (κ1) is 19.0. The minimum atomic E-state index is -0.0477. The van der Waals surface area contributed by atoms with Crippen LogP contribution in [0.2, 0.25) is 0 Å². The number of ketones is 2. The van der Waals surface area contributed by atoms with Gasteiger partial charge in [-0.15, -0.1) is 0 Å². The van der Waals surface area contributed by atoms with Gasteiger partial charge in [0.25, 0.3) is 0 Å². The highest BCUT2D eigenvalue weighted by Crippen LogP contribution is 2.27.